The molecule has 0 aromatic rings. The lowest BCUT2D eigenvalue weighted by atomic mass is 9.59. The van der Waals surface area contributed by atoms with Crippen LogP contribution in [0.2, 0.25) is 0 Å². The molecule has 0 radical (unpaired) electrons. The van der Waals surface area contributed by atoms with Gasteiger partial charge in [0.1, 0.15) is 12.0 Å². The van der Waals surface area contributed by atoms with Crippen LogP contribution < -0.4 is 4.90 Å². The maximum Gasteiger partial charge on any atom is 0.315 e. The van der Waals surface area contributed by atoms with Crippen molar-refractivity contribution in [3.8, 4) is 0 Å². The highest BCUT2D eigenvalue weighted by Gasteiger charge is 2.52. The fraction of sp³-hybridized carbons (Fsp3) is 0.842. The number of fused-ring (bicyclic) bond motifs is 2. The van der Waals surface area contributed by atoms with Crippen molar-refractivity contribution in [1.82, 2.24) is 0 Å². The molecular formula is C19H30NO2S+. The van der Waals surface area contributed by atoms with Crippen LogP contribution in [0.3, 0.4) is 0 Å². The standard InChI is InChI=1S/C19H29NO2S/c1-13-4-3-5-19(2)11-17-14(10-16(13)19)15(18(21)22-17)12-20-6-8-23-9-7-20/h10,13-15,17H,3-9,11-12H2,1-2H3/p+1/t13-,14+,15+,17+,19+/m0/s1. The Morgan fingerprint density at radius 1 is 1.39 bits per heavy atom. The Hall–Kier alpha value is -0.480. The second-order valence-electron chi connectivity index (χ2n) is 8.41. The summed E-state index contributed by atoms with van der Waals surface area (Å²) in [7, 11) is 0. The monoisotopic (exact) mass is 336 g/mol. The van der Waals surface area contributed by atoms with Crippen LogP contribution in [0.25, 0.3) is 0 Å². The number of allylic oxidation sites excluding steroid dienone is 1. The summed E-state index contributed by atoms with van der Waals surface area (Å²) in [6, 6.07) is 0. The quantitative estimate of drug-likeness (QED) is 0.617. The minimum atomic E-state index is 0.0810. The SMILES string of the molecule is C[C@H]1CCC[C@]2(C)C[C@H]3OC(=O)[C@H](C[NH+]4CCSCC4)[C@H]3C=C12. The smallest absolute Gasteiger partial charge is 0.315 e. The Labute approximate surface area is 144 Å². The molecule has 2 saturated heterocycles. The summed E-state index contributed by atoms with van der Waals surface area (Å²) in [4.78, 5) is 14.1. The molecule has 0 amide bonds. The third kappa shape index (κ3) is 2.86. The number of thioether (sulfide) groups is 1. The molecule has 0 bridgehead atoms. The maximum absolute atomic E-state index is 12.5. The van der Waals surface area contributed by atoms with Crippen LogP contribution in [-0.4, -0.2) is 43.2 Å². The van der Waals surface area contributed by atoms with E-state index in [0.717, 1.165) is 13.0 Å². The summed E-state index contributed by atoms with van der Waals surface area (Å²) in [6.07, 6.45) is 7.59. The molecule has 3 fully saturated rings. The highest BCUT2D eigenvalue weighted by molar-refractivity contribution is 7.99. The molecule has 3 nitrogen and oxygen atoms in total. The Kier molecular flexibility index (Phi) is 4.25. The van der Waals surface area contributed by atoms with E-state index >= 15 is 0 Å². The van der Waals surface area contributed by atoms with Crippen molar-refractivity contribution >= 4 is 17.7 Å². The fourth-order valence-corrected chi connectivity index (χ4v) is 6.53. The van der Waals surface area contributed by atoms with E-state index in [4.69, 9.17) is 4.74 Å². The zero-order valence-electron chi connectivity index (χ0n) is 14.5. The van der Waals surface area contributed by atoms with Crippen molar-refractivity contribution in [3.63, 3.8) is 0 Å². The number of carbonyl (C=O) groups excluding carboxylic acids is 1. The van der Waals surface area contributed by atoms with E-state index in [1.54, 1.807) is 10.5 Å². The van der Waals surface area contributed by atoms with E-state index in [1.807, 2.05) is 11.8 Å². The van der Waals surface area contributed by atoms with Gasteiger partial charge in [-0.2, -0.15) is 11.8 Å². The number of quaternary nitrogens is 1. The topological polar surface area (TPSA) is 30.7 Å². The van der Waals surface area contributed by atoms with Crippen molar-refractivity contribution in [2.24, 2.45) is 23.2 Å². The van der Waals surface area contributed by atoms with Crippen LogP contribution in [0.5, 0.6) is 0 Å². The second kappa shape index (κ2) is 6.11. The number of nitrogens with one attached hydrogen (secondary N) is 1. The zero-order valence-corrected chi connectivity index (χ0v) is 15.3. The van der Waals surface area contributed by atoms with Crippen molar-refractivity contribution in [2.75, 3.05) is 31.1 Å². The van der Waals surface area contributed by atoms with Gasteiger partial charge in [0.2, 0.25) is 0 Å². The first-order valence-electron chi connectivity index (χ1n) is 9.41. The second-order valence-corrected chi connectivity index (χ2v) is 9.63. The van der Waals surface area contributed by atoms with Gasteiger partial charge in [-0.15, -0.1) is 0 Å². The van der Waals surface area contributed by atoms with Crippen molar-refractivity contribution in [3.05, 3.63) is 11.6 Å². The predicted octanol–water partition coefficient (Wildman–Crippen LogP) is 1.93. The van der Waals surface area contributed by atoms with Crippen molar-refractivity contribution in [2.45, 2.75) is 45.6 Å². The number of ether oxygens (including phenoxy) is 1. The molecule has 4 aliphatic rings. The Morgan fingerprint density at radius 3 is 2.96 bits per heavy atom. The third-order valence-electron chi connectivity index (χ3n) is 6.79. The average molecular weight is 337 g/mol. The number of hydrogen-bond donors (Lipinski definition) is 1. The van der Waals surface area contributed by atoms with Gasteiger partial charge in [-0.05, 0) is 30.6 Å². The lowest BCUT2D eigenvalue weighted by Gasteiger charge is -2.46. The van der Waals surface area contributed by atoms with Gasteiger partial charge >= 0.3 is 5.97 Å². The van der Waals surface area contributed by atoms with Gasteiger partial charge in [0.15, 0.2) is 0 Å². The Bertz CT molecular complexity index is 513. The van der Waals surface area contributed by atoms with E-state index in [-0.39, 0.29) is 23.4 Å². The highest BCUT2D eigenvalue weighted by Crippen LogP contribution is 2.53. The molecule has 0 unspecified atom stereocenters. The summed E-state index contributed by atoms with van der Waals surface area (Å²) in [5.41, 5.74) is 1.92. The summed E-state index contributed by atoms with van der Waals surface area (Å²) in [5.74, 6) is 3.68. The van der Waals surface area contributed by atoms with Gasteiger partial charge in [-0.3, -0.25) is 4.79 Å². The molecule has 5 atom stereocenters. The maximum atomic E-state index is 12.5. The van der Waals surface area contributed by atoms with Gasteiger partial charge in [-0.25, -0.2) is 0 Å². The number of carbonyl (C=O) groups is 1. The molecule has 4 heteroatoms. The largest absolute Gasteiger partial charge is 0.461 e. The van der Waals surface area contributed by atoms with Crippen LogP contribution in [0, 0.1) is 23.2 Å². The van der Waals surface area contributed by atoms with Gasteiger partial charge < -0.3 is 9.64 Å². The molecule has 0 spiro atoms. The van der Waals surface area contributed by atoms with Crippen LogP contribution in [0.4, 0.5) is 0 Å². The minimum Gasteiger partial charge on any atom is -0.461 e. The van der Waals surface area contributed by atoms with Crippen molar-refractivity contribution in [1.29, 1.82) is 0 Å². The van der Waals surface area contributed by atoms with E-state index in [2.05, 4.69) is 19.9 Å². The normalized spacial score (nSPS) is 44.3. The molecule has 0 aromatic heterocycles. The van der Waals surface area contributed by atoms with Gasteiger partial charge in [0.05, 0.1) is 19.6 Å². The van der Waals surface area contributed by atoms with E-state index < -0.39 is 0 Å². The van der Waals surface area contributed by atoms with Crippen LogP contribution in [-0.2, 0) is 9.53 Å². The molecule has 1 saturated carbocycles. The summed E-state index contributed by atoms with van der Waals surface area (Å²) in [6.45, 7) is 8.17. The molecule has 2 aliphatic heterocycles. The lowest BCUT2D eigenvalue weighted by Crippen LogP contribution is -3.14. The van der Waals surface area contributed by atoms with Gasteiger partial charge in [0, 0.05) is 17.4 Å². The fourth-order valence-electron chi connectivity index (χ4n) is 5.46. The Balaban J connectivity index is 1.56. The van der Waals surface area contributed by atoms with Crippen LogP contribution in [0.1, 0.15) is 39.5 Å². The zero-order chi connectivity index (χ0) is 16.0. The summed E-state index contributed by atoms with van der Waals surface area (Å²) < 4.78 is 5.87. The molecule has 4 rings (SSSR count). The van der Waals surface area contributed by atoms with E-state index in [1.165, 1.54) is 43.9 Å². The molecule has 2 aliphatic carbocycles. The molecule has 0 aromatic carbocycles. The highest BCUT2D eigenvalue weighted by atomic mass is 32.2. The summed E-state index contributed by atoms with van der Waals surface area (Å²) in [5, 5.41) is 0. The third-order valence-corrected chi connectivity index (χ3v) is 7.78. The van der Waals surface area contributed by atoms with Gasteiger partial charge in [0.25, 0.3) is 0 Å². The summed E-state index contributed by atoms with van der Waals surface area (Å²) >= 11 is 2.05. The number of rotatable bonds is 2. The number of hydrogen-bond acceptors (Lipinski definition) is 3. The first-order chi connectivity index (χ1) is 11.1. The minimum absolute atomic E-state index is 0.0810. The van der Waals surface area contributed by atoms with E-state index in [0.29, 0.717) is 11.8 Å². The molecule has 23 heavy (non-hydrogen) atoms. The molecule has 128 valence electrons. The van der Waals surface area contributed by atoms with Crippen molar-refractivity contribution < 1.29 is 14.4 Å². The lowest BCUT2D eigenvalue weighted by molar-refractivity contribution is -0.898. The molecule has 1 N–H and O–H groups in total. The predicted molar refractivity (Wildman–Crippen MR) is 93.6 cm³/mol. The molecule has 2 heterocycles. The number of esters is 1. The first-order valence-corrected chi connectivity index (χ1v) is 10.6. The first kappa shape index (κ1) is 16.0. The van der Waals surface area contributed by atoms with Gasteiger partial charge in [-0.1, -0.05) is 31.9 Å². The van der Waals surface area contributed by atoms with E-state index in [9.17, 15) is 4.79 Å². The molecular weight excluding hydrogens is 306 g/mol. The van der Waals surface area contributed by atoms with Crippen LogP contribution in [0.15, 0.2) is 11.6 Å². The Morgan fingerprint density at radius 2 is 2.17 bits per heavy atom. The van der Waals surface area contributed by atoms with Crippen LogP contribution >= 0.6 is 11.8 Å². The average Bonchev–Trinajstić information content (AvgIpc) is 2.81.